The molecule has 5 rings (SSSR count). The Labute approximate surface area is 230 Å². The number of thioether (sulfide) groups is 1. The summed E-state index contributed by atoms with van der Waals surface area (Å²) in [5, 5.41) is 2.25. The number of esters is 2. The monoisotopic (exact) mass is 542 g/mol. The van der Waals surface area contributed by atoms with Crippen molar-refractivity contribution >= 4 is 35.5 Å². The van der Waals surface area contributed by atoms with Gasteiger partial charge in [0.2, 0.25) is 5.91 Å². The van der Waals surface area contributed by atoms with Crippen molar-refractivity contribution in [2.75, 3.05) is 5.75 Å². The molecule has 198 valence electrons. The molecule has 2 amide bonds. The van der Waals surface area contributed by atoms with Crippen molar-refractivity contribution in [2.24, 2.45) is 0 Å². The topological polar surface area (TPSA) is 102 Å². The van der Waals surface area contributed by atoms with E-state index in [-0.39, 0.29) is 29.5 Å². The number of nitrogens with one attached hydrogen (secondary N) is 1. The van der Waals surface area contributed by atoms with Gasteiger partial charge in [0.25, 0.3) is 5.91 Å². The van der Waals surface area contributed by atoms with Crippen LogP contribution in [0.2, 0.25) is 0 Å². The third-order valence-corrected chi connectivity index (χ3v) is 7.60. The van der Waals surface area contributed by atoms with E-state index < -0.39 is 35.4 Å². The maximum absolute atomic E-state index is 13.7. The molecule has 0 unspecified atom stereocenters. The second kappa shape index (κ2) is 11.6. The number of carbonyl (C=O) groups is 4. The van der Waals surface area contributed by atoms with Crippen LogP contribution in [0.5, 0.6) is 0 Å². The van der Waals surface area contributed by atoms with Crippen LogP contribution < -0.4 is 5.32 Å². The number of hydrogen-bond acceptors (Lipinski definition) is 7. The molecule has 8 nitrogen and oxygen atoms in total. The average molecular weight is 543 g/mol. The molecule has 0 aromatic heterocycles. The first-order chi connectivity index (χ1) is 18.9. The number of rotatable bonds is 8. The number of fused-ring (bicyclic) bond motifs is 1. The minimum Gasteiger partial charge on any atom is -0.448 e. The normalized spacial score (nSPS) is 18.2. The average Bonchev–Trinajstić information content (AvgIpc) is 2.95. The Bertz CT molecular complexity index is 1370. The summed E-state index contributed by atoms with van der Waals surface area (Å²) in [4.78, 5) is 52.7. The lowest BCUT2D eigenvalue weighted by molar-refractivity contribution is -0.155. The number of amides is 2. The Morgan fingerprint density at radius 3 is 2.05 bits per heavy atom. The van der Waals surface area contributed by atoms with Crippen LogP contribution in [0.1, 0.15) is 29.7 Å². The van der Waals surface area contributed by atoms with Gasteiger partial charge in [0.15, 0.2) is 11.8 Å². The molecule has 3 aromatic carbocycles. The molecule has 1 saturated heterocycles. The molecular formula is C30H26N2O6S. The zero-order valence-electron chi connectivity index (χ0n) is 21.1. The van der Waals surface area contributed by atoms with Crippen LogP contribution in [0.3, 0.4) is 0 Å². The van der Waals surface area contributed by atoms with E-state index >= 15 is 0 Å². The molecule has 0 bridgehead atoms. The lowest BCUT2D eigenvalue weighted by atomic mass is 10.0. The molecule has 2 aliphatic heterocycles. The lowest BCUT2D eigenvalue weighted by Gasteiger charge is -2.49. The first kappa shape index (κ1) is 26.2. The van der Waals surface area contributed by atoms with Gasteiger partial charge in [-0.1, -0.05) is 91.0 Å². The SMILES string of the molecule is CC(=O)OC1=C(C(=O)OC(c2ccccc2)c2ccccc2)N2C(=O)[C@@H](NC(=O)Cc3ccccc3)[C@@H]2SC1. The predicted molar refractivity (Wildman–Crippen MR) is 145 cm³/mol. The van der Waals surface area contributed by atoms with Gasteiger partial charge < -0.3 is 14.8 Å². The number of nitrogens with zero attached hydrogens (tertiary/aromatic N) is 1. The van der Waals surface area contributed by atoms with E-state index in [2.05, 4.69) is 5.32 Å². The van der Waals surface area contributed by atoms with Gasteiger partial charge >= 0.3 is 11.9 Å². The third-order valence-electron chi connectivity index (χ3n) is 6.35. The van der Waals surface area contributed by atoms with Crippen LogP contribution in [0.4, 0.5) is 0 Å². The smallest absolute Gasteiger partial charge is 0.359 e. The number of carbonyl (C=O) groups excluding carboxylic acids is 4. The molecule has 2 aliphatic rings. The van der Waals surface area contributed by atoms with Crippen LogP contribution >= 0.6 is 11.8 Å². The fourth-order valence-corrected chi connectivity index (χ4v) is 5.84. The van der Waals surface area contributed by atoms with Crippen LogP contribution in [0, 0.1) is 0 Å². The van der Waals surface area contributed by atoms with Gasteiger partial charge in [-0.2, -0.15) is 0 Å². The van der Waals surface area contributed by atoms with E-state index in [1.807, 2.05) is 91.0 Å². The van der Waals surface area contributed by atoms with E-state index in [1.54, 1.807) is 0 Å². The van der Waals surface area contributed by atoms with E-state index in [0.29, 0.717) is 0 Å². The fourth-order valence-electron chi connectivity index (χ4n) is 4.59. The number of ether oxygens (including phenoxy) is 2. The highest BCUT2D eigenvalue weighted by Gasteiger charge is 2.55. The standard InChI is InChI=1S/C30H26N2O6S/c1-19(33)37-23-18-39-29-25(31-24(34)17-20-11-5-2-6-12-20)28(35)32(29)26(23)30(36)38-27(21-13-7-3-8-14-21)22-15-9-4-10-16-22/h2-16,25,27,29H,17-18H2,1H3,(H,31,34)/t25-,29+/m1/s1. The molecule has 1 N–H and O–H groups in total. The van der Waals surface area contributed by atoms with Gasteiger partial charge in [0.1, 0.15) is 17.2 Å². The van der Waals surface area contributed by atoms with Crippen molar-refractivity contribution in [1.82, 2.24) is 10.2 Å². The summed E-state index contributed by atoms with van der Waals surface area (Å²) < 4.78 is 11.3. The summed E-state index contributed by atoms with van der Waals surface area (Å²) in [6.07, 6.45) is -0.627. The molecule has 39 heavy (non-hydrogen) atoms. The molecule has 1 fully saturated rings. The minimum atomic E-state index is -0.813. The van der Waals surface area contributed by atoms with Crippen LogP contribution in [-0.4, -0.2) is 45.8 Å². The van der Waals surface area contributed by atoms with Crippen molar-refractivity contribution in [2.45, 2.75) is 30.9 Å². The molecule has 9 heteroatoms. The van der Waals surface area contributed by atoms with Gasteiger partial charge in [0.05, 0.1) is 12.2 Å². The fraction of sp³-hybridized carbons (Fsp3) is 0.200. The van der Waals surface area contributed by atoms with Crippen molar-refractivity contribution in [3.8, 4) is 0 Å². The second-order valence-electron chi connectivity index (χ2n) is 9.09. The summed E-state index contributed by atoms with van der Waals surface area (Å²) in [7, 11) is 0. The molecular weight excluding hydrogens is 516 g/mol. The second-order valence-corrected chi connectivity index (χ2v) is 10.2. The van der Waals surface area contributed by atoms with Gasteiger partial charge in [-0.25, -0.2) is 4.79 Å². The zero-order valence-corrected chi connectivity index (χ0v) is 21.9. The zero-order chi connectivity index (χ0) is 27.4. The van der Waals surface area contributed by atoms with Crippen molar-refractivity contribution in [3.63, 3.8) is 0 Å². The minimum absolute atomic E-state index is 0.0519. The van der Waals surface area contributed by atoms with E-state index in [0.717, 1.165) is 16.7 Å². The number of benzene rings is 3. The Balaban J connectivity index is 1.39. The maximum atomic E-state index is 13.7. The molecule has 0 radical (unpaired) electrons. The summed E-state index contributed by atoms with van der Waals surface area (Å²) in [5.41, 5.74) is 2.19. The Hall–Kier alpha value is -4.37. The van der Waals surface area contributed by atoms with Crippen LogP contribution in [0.15, 0.2) is 102 Å². The molecule has 2 heterocycles. The Morgan fingerprint density at radius 2 is 1.49 bits per heavy atom. The first-order valence-electron chi connectivity index (χ1n) is 12.4. The number of hydrogen-bond donors (Lipinski definition) is 1. The Kier molecular flexibility index (Phi) is 7.79. The first-order valence-corrected chi connectivity index (χ1v) is 13.5. The highest BCUT2D eigenvalue weighted by Crippen LogP contribution is 2.42. The maximum Gasteiger partial charge on any atom is 0.359 e. The van der Waals surface area contributed by atoms with Gasteiger partial charge in [0, 0.05) is 6.92 Å². The van der Waals surface area contributed by atoms with Crippen LogP contribution in [-0.2, 0) is 35.1 Å². The van der Waals surface area contributed by atoms with Gasteiger partial charge in [-0.3, -0.25) is 19.3 Å². The van der Waals surface area contributed by atoms with Crippen molar-refractivity contribution in [3.05, 3.63) is 119 Å². The third kappa shape index (κ3) is 5.73. The molecule has 3 aromatic rings. The van der Waals surface area contributed by atoms with E-state index in [4.69, 9.17) is 9.47 Å². The van der Waals surface area contributed by atoms with Crippen LogP contribution in [0.25, 0.3) is 0 Å². The summed E-state index contributed by atoms with van der Waals surface area (Å²) in [6.45, 7) is 1.23. The highest BCUT2D eigenvalue weighted by molar-refractivity contribution is 8.00. The Morgan fingerprint density at radius 1 is 0.923 bits per heavy atom. The summed E-state index contributed by atoms with van der Waals surface area (Å²) >= 11 is 1.30. The van der Waals surface area contributed by atoms with E-state index in [1.165, 1.54) is 23.6 Å². The van der Waals surface area contributed by atoms with Crippen molar-refractivity contribution in [1.29, 1.82) is 0 Å². The quantitative estimate of drug-likeness (QED) is 0.342. The summed E-state index contributed by atoms with van der Waals surface area (Å²) in [5.74, 6) is -1.97. The van der Waals surface area contributed by atoms with E-state index in [9.17, 15) is 19.2 Å². The van der Waals surface area contributed by atoms with Crippen molar-refractivity contribution < 1.29 is 28.7 Å². The summed E-state index contributed by atoms with van der Waals surface area (Å²) in [6, 6.07) is 26.9. The lowest BCUT2D eigenvalue weighted by Crippen LogP contribution is -2.70. The van der Waals surface area contributed by atoms with Gasteiger partial charge in [-0.05, 0) is 16.7 Å². The molecule has 0 spiro atoms. The predicted octanol–water partition coefficient (Wildman–Crippen LogP) is 3.74. The number of β-lactam (4-membered cyclic amide) rings is 1. The highest BCUT2D eigenvalue weighted by atomic mass is 32.2. The largest absolute Gasteiger partial charge is 0.448 e. The molecule has 0 aliphatic carbocycles. The van der Waals surface area contributed by atoms with Gasteiger partial charge in [-0.15, -0.1) is 11.8 Å². The molecule has 0 saturated carbocycles. The molecule has 2 atom stereocenters.